The minimum atomic E-state index is -0.214. The number of carbonyl (C=O) groups is 1. The van der Waals surface area contributed by atoms with Crippen molar-refractivity contribution in [3.05, 3.63) is 119 Å². The van der Waals surface area contributed by atoms with Gasteiger partial charge in [0.05, 0.1) is 6.10 Å². The van der Waals surface area contributed by atoms with Gasteiger partial charge >= 0.3 is 0 Å². The number of aliphatic hydroxyl groups is 1. The average Bonchev–Trinajstić information content (AvgIpc) is 3.52. The van der Waals surface area contributed by atoms with E-state index in [0.29, 0.717) is 18.6 Å². The highest BCUT2D eigenvalue weighted by molar-refractivity contribution is 6.14. The molecule has 0 heterocycles. The minimum Gasteiger partial charge on any atom is -0.392 e. The maximum atomic E-state index is 11.8. The van der Waals surface area contributed by atoms with Gasteiger partial charge in [-0.1, -0.05) is 97.1 Å². The monoisotopic (exact) mass is 466 g/mol. The van der Waals surface area contributed by atoms with Gasteiger partial charge < -0.3 is 5.11 Å². The van der Waals surface area contributed by atoms with E-state index in [2.05, 4.69) is 97.1 Å². The molecule has 6 aromatic rings. The first-order valence-corrected chi connectivity index (χ1v) is 12.7. The number of ketones is 1. The molecular weight excluding hydrogens is 440 g/mol. The molecule has 0 fully saturated rings. The third-order valence-electron chi connectivity index (χ3n) is 7.95. The second kappa shape index (κ2) is 8.29. The van der Waals surface area contributed by atoms with Gasteiger partial charge in [-0.15, -0.1) is 0 Å². The van der Waals surface area contributed by atoms with Crippen molar-refractivity contribution in [3.63, 3.8) is 0 Å². The zero-order valence-corrected chi connectivity index (χ0v) is 20.0. The highest BCUT2D eigenvalue weighted by Crippen LogP contribution is 2.38. The number of benzene rings is 6. The lowest BCUT2D eigenvalue weighted by Crippen LogP contribution is -2.03. The molecule has 0 saturated carbocycles. The number of hydrogen-bond acceptors (Lipinski definition) is 2. The number of fused-ring (bicyclic) bond motifs is 12. The summed E-state index contributed by atoms with van der Waals surface area (Å²) in [6.45, 7) is 0. The van der Waals surface area contributed by atoms with E-state index in [-0.39, 0.29) is 6.10 Å². The van der Waals surface area contributed by atoms with E-state index in [1.165, 1.54) is 65.3 Å². The van der Waals surface area contributed by atoms with Gasteiger partial charge in [0.15, 0.2) is 0 Å². The lowest BCUT2D eigenvalue weighted by molar-refractivity contribution is -0.117. The van der Waals surface area contributed by atoms with Crippen LogP contribution in [0.3, 0.4) is 0 Å². The highest BCUT2D eigenvalue weighted by Gasteiger charge is 2.25. The number of aliphatic hydroxyl groups excluding tert-OH is 1. The fraction of sp³-hybridized carbons (Fsp3) is 0.147. The zero-order valence-electron chi connectivity index (χ0n) is 20.0. The van der Waals surface area contributed by atoms with Crippen LogP contribution < -0.4 is 0 Å². The van der Waals surface area contributed by atoms with Crippen molar-refractivity contribution in [2.45, 2.75) is 31.8 Å². The fourth-order valence-electron chi connectivity index (χ4n) is 6.45. The van der Waals surface area contributed by atoms with Crippen LogP contribution in [0.15, 0.2) is 97.1 Å². The molecule has 2 aliphatic rings. The fourth-order valence-corrected chi connectivity index (χ4v) is 6.45. The molecule has 6 aromatic carbocycles. The predicted molar refractivity (Wildman–Crippen MR) is 149 cm³/mol. The quantitative estimate of drug-likeness (QED) is 0.242. The SMILES string of the molecule is O=C1Cc2c(c3ccccc3c3ccccc23)C1.OC1Cc2c(c3ccccc3c3ccccc23)C1. The molecule has 0 bridgehead atoms. The molecule has 0 spiro atoms. The Labute approximate surface area is 209 Å². The van der Waals surface area contributed by atoms with Gasteiger partial charge in [-0.3, -0.25) is 4.79 Å². The Morgan fingerprint density at radius 2 is 0.722 bits per heavy atom. The van der Waals surface area contributed by atoms with Crippen molar-refractivity contribution in [2.24, 2.45) is 0 Å². The Hall–Kier alpha value is -4.01. The van der Waals surface area contributed by atoms with E-state index < -0.39 is 0 Å². The average molecular weight is 467 g/mol. The smallest absolute Gasteiger partial charge is 0.141 e. The van der Waals surface area contributed by atoms with Gasteiger partial charge in [0.1, 0.15) is 5.78 Å². The maximum Gasteiger partial charge on any atom is 0.141 e. The summed E-state index contributed by atoms with van der Waals surface area (Å²) in [4.78, 5) is 11.8. The Morgan fingerprint density at radius 1 is 0.444 bits per heavy atom. The summed E-state index contributed by atoms with van der Waals surface area (Å²) in [6.07, 6.45) is 2.57. The molecule has 0 atom stereocenters. The first-order valence-electron chi connectivity index (χ1n) is 12.7. The summed E-state index contributed by atoms with van der Waals surface area (Å²) in [5.74, 6) is 0.339. The third-order valence-corrected chi connectivity index (χ3v) is 7.95. The number of Topliss-reactive ketones (excluding diaryl/α,β-unsaturated/α-hetero) is 1. The van der Waals surface area contributed by atoms with Gasteiger partial charge in [0, 0.05) is 12.8 Å². The predicted octanol–water partition coefficient (Wildman–Crippen LogP) is 7.11. The normalized spacial score (nSPS) is 14.9. The van der Waals surface area contributed by atoms with E-state index in [9.17, 15) is 9.90 Å². The first kappa shape index (κ1) is 21.3. The van der Waals surface area contributed by atoms with Crippen LogP contribution in [0, 0.1) is 0 Å². The van der Waals surface area contributed by atoms with Crippen molar-refractivity contribution in [1.29, 1.82) is 0 Å². The van der Waals surface area contributed by atoms with Gasteiger partial charge in [0.2, 0.25) is 0 Å². The largest absolute Gasteiger partial charge is 0.392 e. The molecule has 0 radical (unpaired) electrons. The van der Waals surface area contributed by atoms with Crippen LogP contribution in [0.2, 0.25) is 0 Å². The van der Waals surface area contributed by atoms with E-state index >= 15 is 0 Å². The zero-order chi connectivity index (χ0) is 24.2. The first-order chi connectivity index (χ1) is 17.7. The van der Waals surface area contributed by atoms with E-state index in [0.717, 1.165) is 12.8 Å². The summed E-state index contributed by atoms with van der Waals surface area (Å²) in [7, 11) is 0. The maximum absolute atomic E-state index is 11.8. The Bertz CT molecular complexity index is 1700. The standard InChI is InChI=1S/C17H14O.C17H12O/c2*18-11-9-16-14-7-3-1-5-12(14)13-6-2-4-8-15(13)17(16)10-11/h1-8,11,18H,9-10H2;1-8H,9-10H2. The molecule has 174 valence electrons. The van der Waals surface area contributed by atoms with E-state index in [1.54, 1.807) is 0 Å². The molecular formula is C34H26O2. The van der Waals surface area contributed by atoms with Crippen LogP contribution in [0.1, 0.15) is 22.3 Å². The van der Waals surface area contributed by atoms with Crippen LogP contribution in [0.5, 0.6) is 0 Å². The molecule has 2 heteroatoms. The van der Waals surface area contributed by atoms with Gasteiger partial charge in [-0.25, -0.2) is 0 Å². The number of hydrogen-bond donors (Lipinski definition) is 1. The summed E-state index contributed by atoms with van der Waals surface area (Å²) >= 11 is 0. The summed E-state index contributed by atoms with van der Waals surface area (Å²) in [5.41, 5.74) is 5.18. The lowest BCUT2D eigenvalue weighted by atomic mass is 9.93. The Morgan fingerprint density at radius 3 is 1.06 bits per heavy atom. The summed E-state index contributed by atoms with van der Waals surface area (Å²) < 4.78 is 0. The summed E-state index contributed by atoms with van der Waals surface area (Å²) in [6, 6.07) is 33.9. The molecule has 0 unspecified atom stereocenters. The topological polar surface area (TPSA) is 37.3 Å². The second-order valence-corrected chi connectivity index (χ2v) is 10.1. The molecule has 2 aliphatic carbocycles. The Balaban J connectivity index is 0.000000122. The third kappa shape index (κ3) is 3.26. The number of rotatable bonds is 0. The van der Waals surface area contributed by atoms with Crippen molar-refractivity contribution in [3.8, 4) is 0 Å². The van der Waals surface area contributed by atoms with Crippen molar-refractivity contribution >= 4 is 48.9 Å². The molecule has 8 rings (SSSR count). The van der Waals surface area contributed by atoms with E-state index in [4.69, 9.17) is 0 Å². The summed E-state index contributed by atoms with van der Waals surface area (Å²) in [5, 5.41) is 20.2. The molecule has 0 saturated heterocycles. The molecule has 0 aromatic heterocycles. The molecule has 0 aliphatic heterocycles. The van der Waals surface area contributed by atoms with Crippen LogP contribution in [-0.2, 0) is 30.5 Å². The highest BCUT2D eigenvalue weighted by atomic mass is 16.3. The van der Waals surface area contributed by atoms with Crippen molar-refractivity contribution < 1.29 is 9.90 Å². The molecule has 0 amide bonds. The Kier molecular flexibility index (Phi) is 4.90. The molecule has 36 heavy (non-hydrogen) atoms. The lowest BCUT2D eigenvalue weighted by Gasteiger charge is -2.10. The second-order valence-electron chi connectivity index (χ2n) is 10.1. The molecule has 2 nitrogen and oxygen atoms in total. The van der Waals surface area contributed by atoms with Gasteiger partial charge in [-0.05, 0) is 78.2 Å². The van der Waals surface area contributed by atoms with Gasteiger partial charge in [0.25, 0.3) is 0 Å². The minimum absolute atomic E-state index is 0.214. The van der Waals surface area contributed by atoms with Crippen molar-refractivity contribution in [1.82, 2.24) is 0 Å². The van der Waals surface area contributed by atoms with Crippen LogP contribution >= 0.6 is 0 Å². The number of carbonyl (C=O) groups excluding carboxylic acids is 1. The van der Waals surface area contributed by atoms with Crippen LogP contribution in [0.25, 0.3) is 43.1 Å². The van der Waals surface area contributed by atoms with Crippen LogP contribution in [0.4, 0.5) is 0 Å². The molecule has 1 N–H and O–H groups in total. The van der Waals surface area contributed by atoms with Gasteiger partial charge in [-0.2, -0.15) is 0 Å². The van der Waals surface area contributed by atoms with E-state index in [1.807, 2.05) is 0 Å². The van der Waals surface area contributed by atoms with Crippen molar-refractivity contribution in [2.75, 3.05) is 0 Å². The van der Waals surface area contributed by atoms with Crippen LogP contribution in [-0.4, -0.2) is 17.0 Å².